The lowest BCUT2D eigenvalue weighted by Crippen LogP contribution is -2.40. The van der Waals surface area contributed by atoms with E-state index in [0.717, 1.165) is 47.5 Å². The monoisotopic (exact) mass is 555 g/mol. The maximum Gasteiger partial charge on any atom is 0.168 e. The van der Waals surface area contributed by atoms with Gasteiger partial charge in [-0.05, 0) is 47.9 Å². The van der Waals surface area contributed by atoms with Gasteiger partial charge in [0.1, 0.15) is 0 Å². The van der Waals surface area contributed by atoms with Crippen molar-refractivity contribution >= 4 is 40.1 Å². The largest absolute Gasteiger partial charge is 0.493 e. The standard InChI is InChI=1S/C33H37N3O3S/c1-32(2,19-36-26-13-7-6-12-24(26)35-31(36)29-14-9-15-40-29)33(3,4)20-39-28-17-25-23(16-27(28)38-5)30(37)22-11-8-10-21(22)18-34-25/h6-7,9,12-18,21-22H,8,10-11,19-20H2,1-5H3. The number of para-hydroxylation sites is 2. The Labute approximate surface area is 240 Å². The van der Waals surface area contributed by atoms with Crippen molar-refractivity contribution < 1.29 is 14.3 Å². The predicted molar refractivity (Wildman–Crippen MR) is 162 cm³/mol. The average Bonchev–Trinajstić information content (AvgIpc) is 3.69. The number of nitrogens with zero attached hydrogens (tertiary/aromatic N) is 3. The van der Waals surface area contributed by atoms with E-state index >= 15 is 0 Å². The third-order valence-corrected chi connectivity index (χ3v) is 10.1. The number of ketones is 1. The molecule has 2 unspecified atom stereocenters. The molecule has 0 amide bonds. The first-order chi connectivity index (χ1) is 19.2. The normalized spacial score (nSPS) is 19.0. The van der Waals surface area contributed by atoms with Gasteiger partial charge in [0.2, 0.25) is 0 Å². The lowest BCUT2D eigenvalue weighted by molar-refractivity contribution is 0.0346. The minimum Gasteiger partial charge on any atom is -0.493 e. The fourth-order valence-electron chi connectivity index (χ4n) is 5.89. The van der Waals surface area contributed by atoms with Crippen molar-refractivity contribution in [1.82, 2.24) is 9.55 Å². The van der Waals surface area contributed by atoms with Crippen molar-refractivity contribution in [3.8, 4) is 22.2 Å². The van der Waals surface area contributed by atoms with E-state index in [-0.39, 0.29) is 28.4 Å². The van der Waals surface area contributed by atoms with E-state index in [1.54, 1.807) is 18.4 Å². The lowest BCUT2D eigenvalue weighted by atomic mass is 9.68. The Morgan fingerprint density at radius 1 is 1.02 bits per heavy atom. The summed E-state index contributed by atoms with van der Waals surface area (Å²) in [5, 5.41) is 2.10. The number of aliphatic imine (C=N–C) groups is 1. The first-order valence-electron chi connectivity index (χ1n) is 14.1. The predicted octanol–water partition coefficient (Wildman–Crippen LogP) is 8.22. The molecule has 40 heavy (non-hydrogen) atoms. The number of imidazole rings is 1. The van der Waals surface area contributed by atoms with Crippen LogP contribution in [0.25, 0.3) is 21.7 Å². The quantitative estimate of drug-likeness (QED) is 0.220. The van der Waals surface area contributed by atoms with Crippen LogP contribution >= 0.6 is 11.3 Å². The smallest absolute Gasteiger partial charge is 0.168 e. The van der Waals surface area contributed by atoms with Crippen molar-refractivity contribution in [2.24, 2.45) is 27.7 Å². The van der Waals surface area contributed by atoms with Crippen molar-refractivity contribution in [2.75, 3.05) is 13.7 Å². The Bertz CT molecular complexity index is 1580. The first-order valence-corrected chi connectivity index (χ1v) is 15.0. The summed E-state index contributed by atoms with van der Waals surface area (Å²) in [7, 11) is 1.63. The van der Waals surface area contributed by atoms with Gasteiger partial charge in [-0.15, -0.1) is 11.3 Å². The molecule has 1 aliphatic heterocycles. The number of Topliss-reactive ketones (excluding diaryl/α,β-unsaturated/α-hetero) is 1. The average molecular weight is 556 g/mol. The number of aromatic nitrogens is 2. The lowest BCUT2D eigenvalue weighted by Gasteiger charge is -2.42. The van der Waals surface area contributed by atoms with E-state index in [2.05, 4.69) is 68.0 Å². The minimum atomic E-state index is -0.223. The molecule has 4 aromatic rings. The number of methoxy groups -OCH3 is 1. The van der Waals surface area contributed by atoms with E-state index in [1.165, 1.54) is 0 Å². The first kappa shape index (κ1) is 26.8. The second kappa shape index (κ2) is 10.2. The van der Waals surface area contributed by atoms with Crippen molar-refractivity contribution in [2.45, 2.75) is 53.5 Å². The summed E-state index contributed by atoms with van der Waals surface area (Å²) in [4.78, 5) is 24.2. The third-order valence-electron chi connectivity index (χ3n) is 9.23. The Balaban J connectivity index is 1.27. The van der Waals surface area contributed by atoms with Gasteiger partial charge in [0.05, 0.1) is 35.3 Å². The Morgan fingerprint density at radius 3 is 2.62 bits per heavy atom. The SMILES string of the molecule is COc1cc2c(cc1OCC(C)(C)C(C)(C)Cn1c(-c3cccs3)nc3ccccc31)N=CC1CCCC1C2=O. The number of carbonyl (C=O) groups excluding carboxylic acids is 1. The second-order valence-corrected chi connectivity index (χ2v) is 13.4. The second-order valence-electron chi connectivity index (χ2n) is 12.4. The highest BCUT2D eigenvalue weighted by atomic mass is 32.1. The highest BCUT2D eigenvalue weighted by molar-refractivity contribution is 7.13. The molecule has 0 radical (unpaired) electrons. The van der Waals surface area contributed by atoms with Gasteiger partial charge in [-0.3, -0.25) is 9.79 Å². The number of benzene rings is 2. The molecular weight excluding hydrogens is 518 g/mol. The number of fused-ring (bicyclic) bond motifs is 3. The maximum absolute atomic E-state index is 13.3. The van der Waals surface area contributed by atoms with Crippen LogP contribution in [0.3, 0.4) is 0 Å². The molecule has 2 atom stereocenters. The van der Waals surface area contributed by atoms with Gasteiger partial charge in [0.25, 0.3) is 0 Å². The summed E-state index contributed by atoms with van der Waals surface area (Å²) in [6.07, 6.45) is 5.01. The van der Waals surface area contributed by atoms with E-state index in [1.807, 2.05) is 24.4 Å². The molecule has 6 nitrogen and oxygen atoms in total. The number of rotatable bonds is 8. The molecule has 208 valence electrons. The van der Waals surface area contributed by atoms with Crippen LogP contribution in [-0.4, -0.2) is 35.3 Å². The van der Waals surface area contributed by atoms with Crippen LogP contribution in [0.5, 0.6) is 11.5 Å². The Morgan fingerprint density at radius 2 is 1.85 bits per heavy atom. The van der Waals surface area contributed by atoms with E-state index in [4.69, 9.17) is 19.5 Å². The van der Waals surface area contributed by atoms with Gasteiger partial charge in [0, 0.05) is 41.6 Å². The highest BCUT2D eigenvalue weighted by Gasteiger charge is 2.40. The summed E-state index contributed by atoms with van der Waals surface area (Å²) >= 11 is 1.71. The summed E-state index contributed by atoms with van der Waals surface area (Å²) < 4.78 is 14.6. The van der Waals surface area contributed by atoms with Crippen LogP contribution in [0.4, 0.5) is 5.69 Å². The van der Waals surface area contributed by atoms with Crippen LogP contribution in [0.1, 0.15) is 57.3 Å². The molecule has 2 aliphatic rings. The Kier molecular flexibility index (Phi) is 6.81. The van der Waals surface area contributed by atoms with Gasteiger partial charge >= 0.3 is 0 Å². The summed E-state index contributed by atoms with van der Waals surface area (Å²) in [5.41, 5.74) is 3.08. The zero-order valence-corrected chi connectivity index (χ0v) is 24.8. The van der Waals surface area contributed by atoms with Crippen LogP contribution in [0.2, 0.25) is 0 Å². The molecule has 3 heterocycles. The highest BCUT2D eigenvalue weighted by Crippen LogP contribution is 2.45. The van der Waals surface area contributed by atoms with E-state index in [9.17, 15) is 4.79 Å². The third kappa shape index (κ3) is 4.64. The van der Waals surface area contributed by atoms with Crippen molar-refractivity contribution in [1.29, 1.82) is 0 Å². The molecule has 1 saturated carbocycles. The number of hydrogen-bond acceptors (Lipinski definition) is 6. The Hall–Kier alpha value is -3.45. The fourth-order valence-corrected chi connectivity index (χ4v) is 6.61. The molecule has 0 saturated heterocycles. The van der Waals surface area contributed by atoms with Crippen LogP contribution in [0.15, 0.2) is 58.9 Å². The van der Waals surface area contributed by atoms with Gasteiger partial charge < -0.3 is 14.0 Å². The van der Waals surface area contributed by atoms with Crippen LogP contribution in [-0.2, 0) is 6.54 Å². The van der Waals surface area contributed by atoms with Gasteiger partial charge in [-0.25, -0.2) is 4.98 Å². The molecule has 0 bridgehead atoms. The molecule has 2 aromatic carbocycles. The van der Waals surface area contributed by atoms with E-state index in [0.29, 0.717) is 29.4 Å². The topological polar surface area (TPSA) is 65.7 Å². The van der Waals surface area contributed by atoms with Gasteiger partial charge in [-0.1, -0.05) is 52.3 Å². The van der Waals surface area contributed by atoms with Crippen LogP contribution < -0.4 is 9.47 Å². The minimum absolute atomic E-state index is 0.0273. The summed E-state index contributed by atoms with van der Waals surface area (Å²) in [5.74, 6) is 2.63. The fraction of sp³-hybridized carbons (Fsp3) is 0.424. The molecule has 2 aromatic heterocycles. The molecule has 0 N–H and O–H groups in total. The number of thiophene rings is 1. The summed E-state index contributed by atoms with van der Waals surface area (Å²) in [6, 6.07) is 16.3. The summed E-state index contributed by atoms with van der Waals surface area (Å²) in [6.45, 7) is 10.3. The zero-order chi connectivity index (χ0) is 28.1. The molecule has 6 rings (SSSR count). The van der Waals surface area contributed by atoms with Crippen molar-refractivity contribution in [3.05, 3.63) is 59.5 Å². The van der Waals surface area contributed by atoms with Gasteiger partial charge in [-0.2, -0.15) is 0 Å². The van der Waals surface area contributed by atoms with Crippen LogP contribution in [0, 0.1) is 22.7 Å². The molecular formula is C33H37N3O3S. The molecule has 0 spiro atoms. The number of carbonyl (C=O) groups is 1. The molecule has 1 aliphatic carbocycles. The zero-order valence-electron chi connectivity index (χ0n) is 23.9. The number of hydrogen-bond donors (Lipinski definition) is 0. The van der Waals surface area contributed by atoms with Crippen molar-refractivity contribution in [3.63, 3.8) is 0 Å². The maximum atomic E-state index is 13.3. The molecule has 1 fully saturated rings. The molecule has 7 heteroatoms. The van der Waals surface area contributed by atoms with Gasteiger partial charge in [0.15, 0.2) is 23.1 Å². The van der Waals surface area contributed by atoms with E-state index < -0.39 is 0 Å². The number of ether oxygens (including phenoxy) is 2.